The quantitative estimate of drug-likeness (QED) is 0.800. The van der Waals surface area contributed by atoms with E-state index in [-0.39, 0.29) is 28.8 Å². The molecule has 24 heavy (non-hydrogen) atoms. The zero-order valence-electron chi connectivity index (χ0n) is 13.5. The summed E-state index contributed by atoms with van der Waals surface area (Å²) >= 11 is 0. The van der Waals surface area contributed by atoms with E-state index in [1.54, 1.807) is 12.1 Å². The van der Waals surface area contributed by atoms with Crippen molar-refractivity contribution in [2.75, 3.05) is 21.2 Å². The number of nitrogens with two attached hydrogens (primary N) is 1. The molecule has 2 rings (SSSR count). The number of rotatable bonds is 7. The van der Waals surface area contributed by atoms with E-state index in [1.807, 2.05) is 0 Å². The number of hydrogen-bond acceptors (Lipinski definition) is 6. The Morgan fingerprint density at radius 3 is 2.54 bits per heavy atom. The number of primary amides is 1. The highest BCUT2D eigenvalue weighted by atomic mass is 32.2. The second-order valence-electron chi connectivity index (χ2n) is 5.00. The first kappa shape index (κ1) is 17.8. The predicted octanol–water partition coefficient (Wildman–Crippen LogP) is 1.22. The second kappa shape index (κ2) is 6.93. The maximum atomic E-state index is 12.0. The van der Waals surface area contributed by atoms with Crippen LogP contribution in [0, 0.1) is 0 Å². The number of para-hydroxylation sites is 1. The summed E-state index contributed by atoms with van der Waals surface area (Å²) in [5.74, 6) is 0.107. The van der Waals surface area contributed by atoms with Crippen molar-refractivity contribution in [2.24, 2.45) is 5.73 Å². The van der Waals surface area contributed by atoms with E-state index in [4.69, 9.17) is 19.6 Å². The third-order valence-corrected chi connectivity index (χ3v) is 4.88. The van der Waals surface area contributed by atoms with Crippen molar-refractivity contribution in [2.45, 2.75) is 11.7 Å². The van der Waals surface area contributed by atoms with E-state index in [1.165, 1.54) is 39.4 Å². The molecular weight excluding hydrogens is 336 g/mol. The van der Waals surface area contributed by atoms with Crippen LogP contribution in [0.4, 0.5) is 0 Å². The van der Waals surface area contributed by atoms with Crippen LogP contribution in [0.1, 0.15) is 16.1 Å². The first-order valence-corrected chi connectivity index (χ1v) is 8.32. The van der Waals surface area contributed by atoms with Crippen LogP contribution in [0.25, 0.3) is 0 Å². The monoisotopic (exact) mass is 354 g/mol. The van der Waals surface area contributed by atoms with Crippen molar-refractivity contribution in [3.05, 3.63) is 41.7 Å². The molecule has 2 aromatic rings. The van der Waals surface area contributed by atoms with Crippen molar-refractivity contribution < 1.29 is 27.1 Å². The number of carbonyl (C=O) groups excluding carboxylic acids is 1. The Hall–Kier alpha value is -2.52. The highest BCUT2D eigenvalue weighted by Crippen LogP contribution is 2.31. The Kier molecular flexibility index (Phi) is 5.15. The largest absolute Gasteiger partial charge is 0.493 e. The van der Waals surface area contributed by atoms with Crippen LogP contribution in [0.15, 0.2) is 39.8 Å². The number of sulfonamides is 1. The lowest BCUT2D eigenvalue weighted by Gasteiger charge is -2.12. The maximum Gasteiger partial charge on any atom is 0.275 e. The van der Waals surface area contributed by atoms with Crippen molar-refractivity contribution in [1.29, 1.82) is 0 Å². The lowest BCUT2D eigenvalue weighted by atomic mass is 10.2. The molecule has 0 aliphatic heterocycles. The Bertz CT molecular complexity index is 841. The number of furan rings is 1. The fourth-order valence-corrected chi connectivity index (χ4v) is 2.73. The molecule has 0 spiro atoms. The van der Waals surface area contributed by atoms with Crippen LogP contribution >= 0.6 is 0 Å². The van der Waals surface area contributed by atoms with Gasteiger partial charge in [-0.15, -0.1) is 0 Å². The van der Waals surface area contributed by atoms with Gasteiger partial charge in [-0.1, -0.05) is 6.07 Å². The minimum atomic E-state index is -3.66. The normalized spacial score (nSPS) is 11.5. The molecule has 0 aliphatic rings. The van der Waals surface area contributed by atoms with E-state index in [0.717, 1.165) is 4.31 Å². The average molecular weight is 354 g/mol. The van der Waals surface area contributed by atoms with Crippen LogP contribution in [0.5, 0.6) is 11.5 Å². The molecule has 0 unspecified atom stereocenters. The van der Waals surface area contributed by atoms with E-state index in [9.17, 15) is 13.2 Å². The Balaban J connectivity index is 2.24. The number of hydrogen-bond donors (Lipinski definition) is 1. The van der Waals surface area contributed by atoms with E-state index < -0.39 is 15.9 Å². The number of carbonyl (C=O) groups is 1. The minimum Gasteiger partial charge on any atom is -0.493 e. The number of nitrogens with zero attached hydrogens (tertiary/aromatic N) is 1. The number of methoxy groups -OCH3 is 1. The number of amides is 1. The highest BCUT2D eigenvalue weighted by molar-refractivity contribution is 7.88. The van der Waals surface area contributed by atoms with Crippen LogP contribution in [0.3, 0.4) is 0 Å². The predicted molar refractivity (Wildman–Crippen MR) is 85.4 cm³/mol. The summed E-state index contributed by atoms with van der Waals surface area (Å²) in [6.45, 7) is -0.0936. The van der Waals surface area contributed by atoms with Crippen molar-refractivity contribution in [1.82, 2.24) is 4.31 Å². The van der Waals surface area contributed by atoms with Gasteiger partial charge >= 0.3 is 0 Å². The topological polar surface area (TPSA) is 112 Å². The molecule has 130 valence electrons. The van der Waals surface area contributed by atoms with E-state index in [2.05, 4.69) is 0 Å². The second-order valence-corrected chi connectivity index (χ2v) is 7.08. The molecule has 1 aromatic carbocycles. The van der Waals surface area contributed by atoms with Crippen molar-refractivity contribution in [3.8, 4) is 11.5 Å². The molecule has 0 bridgehead atoms. The van der Waals surface area contributed by atoms with Gasteiger partial charge in [-0.2, -0.15) is 0 Å². The highest BCUT2D eigenvalue weighted by Gasteiger charge is 2.22. The van der Waals surface area contributed by atoms with Gasteiger partial charge in [0.1, 0.15) is 12.4 Å². The smallest absolute Gasteiger partial charge is 0.275 e. The van der Waals surface area contributed by atoms with Gasteiger partial charge in [0.05, 0.1) is 12.7 Å². The summed E-state index contributed by atoms with van der Waals surface area (Å²) in [7, 11) is 0.581. The summed E-state index contributed by atoms with van der Waals surface area (Å²) in [5, 5.41) is -0.193. The summed E-state index contributed by atoms with van der Waals surface area (Å²) in [4.78, 5) is 11.5. The Morgan fingerprint density at radius 1 is 1.25 bits per heavy atom. The number of benzene rings is 1. The Morgan fingerprint density at radius 2 is 1.96 bits per heavy atom. The van der Waals surface area contributed by atoms with Gasteiger partial charge in [0.25, 0.3) is 15.9 Å². The van der Waals surface area contributed by atoms with Gasteiger partial charge in [-0.3, -0.25) is 4.79 Å². The van der Waals surface area contributed by atoms with Crippen LogP contribution in [0.2, 0.25) is 0 Å². The SMILES string of the molecule is COc1cccc(C(N)=O)c1OCc1ccc(S(=O)(=O)N(C)C)o1. The molecule has 9 heteroatoms. The summed E-state index contributed by atoms with van der Waals surface area (Å²) in [6.07, 6.45) is 0. The zero-order valence-corrected chi connectivity index (χ0v) is 14.3. The van der Waals surface area contributed by atoms with Gasteiger partial charge in [0, 0.05) is 14.1 Å². The Labute approximate surface area is 139 Å². The van der Waals surface area contributed by atoms with Crippen LogP contribution < -0.4 is 15.2 Å². The zero-order chi connectivity index (χ0) is 17.9. The summed E-state index contributed by atoms with van der Waals surface area (Å²) in [6, 6.07) is 7.55. The maximum absolute atomic E-state index is 12.0. The van der Waals surface area contributed by atoms with Gasteiger partial charge in [0.15, 0.2) is 11.5 Å². The molecule has 1 heterocycles. The molecule has 0 saturated carbocycles. The van der Waals surface area contributed by atoms with E-state index in [0.29, 0.717) is 5.75 Å². The third kappa shape index (κ3) is 3.52. The van der Waals surface area contributed by atoms with Crippen molar-refractivity contribution >= 4 is 15.9 Å². The van der Waals surface area contributed by atoms with E-state index >= 15 is 0 Å². The summed E-state index contributed by atoms with van der Waals surface area (Å²) < 4.78 is 41.0. The molecule has 8 nitrogen and oxygen atoms in total. The fraction of sp³-hybridized carbons (Fsp3) is 0.267. The molecule has 0 fully saturated rings. The molecule has 0 atom stereocenters. The molecule has 0 saturated heterocycles. The molecule has 1 amide bonds. The molecule has 0 aliphatic carbocycles. The fourth-order valence-electron chi connectivity index (χ4n) is 1.92. The van der Waals surface area contributed by atoms with Crippen molar-refractivity contribution in [3.63, 3.8) is 0 Å². The first-order chi connectivity index (χ1) is 11.3. The molecule has 1 aromatic heterocycles. The molecule has 0 radical (unpaired) electrons. The summed E-state index contributed by atoms with van der Waals surface area (Å²) in [5.41, 5.74) is 5.47. The minimum absolute atomic E-state index is 0.0936. The lowest BCUT2D eigenvalue weighted by Crippen LogP contribution is -2.21. The lowest BCUT2D eigenvalue weighted by molar-refractivity contribution is 0.0994. The third-order valence-electron chi connectivity index (χ3n) is 3.19. The standard InChI is InChI=1S/C15H18N2O6S/c1-17(2)24(19,20)13-8-7-10(23-13)9-22-14-11(15(16)18)5-4-6-12(14)21-3/h4-8H,9H2,1-3H3,(H2,16,18). The van der Waals surface area contributed by atoms with Crippen LogP contribution in [-0.2, 0) is 16.6 Å². The first-order valence-electron chi connectivity index (χ1n) is 6.88. The van der Waals surface area contributed by atoms with Gasteiger partial charge in [-0.05, 0) is 24.3 Å². The van der Waals surface area contributed by atoms with Gasteiger partial charge in [-0.25, -0.2) is 12.7 Å². The van der Waals surface area contributed by atoms with Gasteiger partial charge in [0.2, 0.25) is 5.09 Å². The molecular formula is C15H18N2O6S. The molecule has 2 N–H and O–H groups in total. The number of ether oxygens (including phenoxy) is 2. The average Bonchev–Trinajstić information content (AvgIpc) is 3.01. The van der Waals surface area contributed by atoms with Gasteiger partial charge < -0.3 is 19.6 Å². The van der Waals surface area contributed by atoms with Crippen LogP contribution in [-0.4, -0.2) is 39.8 Å².